The Kier molecular flexibility index (Phi) is 20.9. The normalized spacial score (nSPS) is 11.2. The Morgan fingerprint density at radius 3 is 1.25 bits per heavy atom. The highest BCUT2D eigenvalue weighted by Crippen LogP contribution is 2.39. The smallest absolute Gasteiger partial charge is 0.220 e. The van der Waals surface area contributed by atoms with Crippen LogP contribution in [0.1, 0.15) is 65.7 Å². The molecular weight excluding hydrogens is 468 g/mol. The quantitative estimate of drug-likeness (QED) is 0.136. The highest BCUT2D eigenvalue weighted by molar-refractivity contribution is 5.82. The molecule has 0 saturated heterocycles. The third-order valence-corrected chi connectivity index (χ3v) is 5.77. The van der Waals surface area contributed by atoms with Gasteiger partial charge in [-0.25, -0.2) is 0 Å². The molecule has 0 fully saturated rings. The van der Waals surface area contributed by atoms with Crippen molar-refractivity contribution in [1.82, 2.24) is 16.0 Å². The molecule has 0 heterocycles. The zero-order chi connectivity index (χ0) is 27.1. The third-order valence-electron chi connectivity index (χ3n) is 5.77. The third kappa shape index (κ3) is 18.2. The maximum Gasteiger partial charge on any atom is 0.220 e. The van der Waals surface area contributed by atoms with Crippen LogP contribution in [-0.4, -0.2) is 89.3 Å². The Balaban J connectivity index is 5.25. The number of hydrogen-bond donors (Lipinski definition) is 4. The van der Waals surface area contributed by atoms with Crippen LogP contribution in [0.25, 0.3) is 0 Å². The van der Waals surface area contributed by atoms with Gasteiger partial charge in [0.2, 0.25) is 17.7 Å². The van der Waals surface area contributed by atoms with E-state index in [0.29, 0.717) is 78.5 Å². The Labute approximate surface area is 215 Å². The Morgan fingerprint density at radius 1 is 0.639 bits per heavy atom. The summed E-state index contributed by atoms with van der Waals surface area (Å²) in [5.74, 6) is -0.662. The fourth-order valence-corrected chi connectivity index (χ4v) is 3.75. The largest absolute Gasteiger partial charge is 0.380 e. The molecule has 11 heteroatoms. The number of Topliss-reactive ketones (excluding diaryl/α,β-unsaturated/α-hetero) is 1. The van der Waals surface area contributed by atoms with E-state index in [0.717, 1.165) is 0 Å². The van der Waals surface area contributed by atoms with Gasteiger partial charge in [-0.15, -0.1) is 0 Å². The van der Waals surface area contributed by atoms with Crippen molar-refractivity contribution in [1.29, 1.82) is 0 Å². The number of carbonyl (C=O) groups excluding carboxylic acids is 4. The van der Waals surface area contributed by atoms with Gasteiger partial charge >= 0.3 is 0 Å². The summed E-state index contributed by atoms with van der Waals surface area (Å²) in [6.07, 6.45) is 1.69. The fraction of sp³-hybridized carbons (Fsp3) is 0.840. The summed E-state index contributed by atoms with van der Waals surface area (Å²) in [5.41, 5.74) is 4.89. The number of amides is 3. The van der Waals surface area contributed by atoms with Crippen LogP contribution in [-0.2, 0) is 33.4 Å². The molecule has 11 nitrogen and oxygen atoms in total. The van der Waals surface area contributed by atoms with Crippen LogP contribution in [0.3, 0.4) is 0 Å². The summed E-state index contributed by atoms with van der Waals surface area (Å²) < 4.78 is 15.7. The van der Waals surface area contributed by atoms with Gasteiger partial charge in [-0.2, -0.15) is 0 Å². The predicted molar refractivity (Wildman–Crippen MR) is 137 cm³/mol. The maximum atomic E-state index is 12.4. The number of nitrogens with one attached hydrogen (secondary N) is 3. The molecule has 36 heavy (non-hydrogen) atoms. The van der Waals surface area contributed by atoms with Crippen LogP contribution in [0.5, 0.6) is 0 Å². The van der Waals surface area contributed by atoms with E-state index >= 15 is 0 Å². The highest BCUT2D eigenvalue weighted by atomic mass is 16.5. The average Bonchev–Trinajstić information content (AvgIpc) is 2.87. The lowest BCUT2D eigenvalue weighted by molar-refractivity contribution is -0.126. The van der Waals surface area contributed by atoms with Crippen molar-refractivity contribution in [3.8, 4) is 0 Å². The van der Waals surface area contributed by atoms with Crippen molar-refractivity contribution in [3.63, 3.8) is 0 Å². The van der Waals surface area contributed by atoms with Gasteiger partial charge in [-0.3, -0.25) is 19.2 Å². The summed E-state index contributed by atoms with van der Waals surface area (Å²) in [6.45, 7) is 9.65. The van der Waals surface area contributed by atoms with E-state index in [1.165, 1.54) is 0 Å². The Morgan fingerprint density at radius 2 is 0.972 bits per heavy atom. The number of nitrogens with two attached hydrogens (primary N) is 1. The van der Waals surface area contributed by atoms with Gasteiger partial charge in [0.25, 0.3) is 0 Å². The SMILES string of the molecule is CCOCCNC(=O)CCC(CCC(=O)NCCOCC)(CCC(=O)NCCOCC)CC(=O)CN. The highest BCUT2D eigenvalue weighted by Gasteiger charge is 2.34. The number of rotatable bonds is 24. The molecule has 0 rings (SSSR count). The molecule has 0 aliphatic rings. The van der Waals surface area contributed by atoms with Gasteiger partial charge < -0.3 is 35.9 Å². The van der Waals surface area contributed by atoms with Crippen molar-refractivity contribution in [3.05, 3.63) is 0 Å². The second-order valence-electron chi connectivity index (χ2n) is 8.56. The number of hydrogen-bond acceptors (Lipinski definition) is 8. The number of ketones is 1. The first-order valence-electron chi connectivity index (χ1n) is 13.1. The molecular formula is C25H48N4O7. The maximum absolute atomic E-state index is 12.4. The second kappa shape index (κ2) is 22.1. The Hall–Kier alpha value is -2.08. The molecule has 0 aliphatic heterocycles. The molecule has 0 atom stereocenters. The van der Waals surface area contributed by atoms with E-state index in [1.54, 1.807) is 0 Å². The lowest BCUT2D eigenvalue weighted by Gasteiger charge is -2.33. The molecule has 0 aliphatic carbocycles. The standard InChI is InChI=1S/C25H48N4O7/c1-4-34-16-13-27-22(31)7-10-25(19-21(30)20-26,11-8-23(32)28-14-17-35-5-2)12-9-24(33)29-15-18-36-6-3/h4-20,26H2,1-3H3,(H,27,31)(H,28,32)(H,29,33). The average molecular weight is 517 g/mol. The van der Waals surface area contributed by atoms with E-state index in [-0.39, 0.29) is 55.7 Å². The lowest BCUT2D eigenvalue weighted by Crippen LogP contribution is -2.35. The molecule has 0 radical (unpaired) electrons. The monoisotopic (exact) mass is 516 g/mol. The first-order chi connectivity index (χ1) is 17.3. The minimum atomic E-state index is -0.706. The minimum Gasteiger partial charge on any atom is -0.380 e. The van der Waals surface area contributed by atoms with Gasteiger partial charge in [0, 0.05) is 65.1 Å². The van der Waals surface area contributed by atoms with Crippen molar-refractivity contribution in [2.45, 2.75) is 65.7 Å². The molecule has 3 amide bonds. The first kappa shape index (κ1) is 33.9. The van der Waals surface area contributed by atoms with Crippen LogP contribution in [0.2, 0.25) is 0 Å². The van der Waals surface area contributed by atoms with Crippen LogP contribution in [0, 0.1) is 5.41 Å². The fourth-order valence-electron chi connectivity index (χ4n) is 3.75. The van der Waals surface area contributed by atoms with E-state index in [1.807, 2.05) is 20.8 Å². The van der Waals surface area contributed by atoms with E-state index < -0.39 is 5.41 Å². The van der Waals surface area contributed by atoms with Crippen molar-refractivity contribution in [2.75, 3.05) is 65.8 Å². The number of carbonyl (C=O) groups is 4. The van der Waals surface area contributed by atoms with Gasteiger partial charge in [0.05, 0.1) is 26.4 Å². The first-order valence-corrected chi connectivity index (χ1v) is 13.1. The van der Waals surface area contributed by atoms with Gasteiger partial charge in [-0.05, 0) is 45.4 Å². The van der Waals surface area contributed by atoms with Gasteiger partial charge in [-0.1, -0.05) is 0 Å². The summed E-state index contributed by atoms with van der Waals surface area (Å²) in [5, 5.41) is 8.42. The van der Waals surface area contributed by atoms with Crippen molar-refractivity contribution < 1.29 is 33.4 Å². The van der Waals surface area contributed by atoms with Crippen LogP contribution < -0.4 is 21.7 Å². The van der Waals surface area contributed by atoms with E-state index in [2.05, 4.69) is 16.0 Å². The molecule has 0 aromatic carbocycles. The van der Waals surface area contributed by atoms with Crippen LogP contribution >= 0.6 is 0 Å². The molecule has 0 saturated carbocycles. The molecule has 0 bridgehead atoms. The van der Waals surface area contributed by atoms with Crippen molar-refractivity contribution >= 4 is 23.5 Å². The molecule has 0 unspecified atom stereocenters. The van der Waals surface area contributed by atoms with Crippen LogP contribution in [0.15, 0.2) is 0 Å². The summed E-state index contributed by atoms with van der Waals surface area (Å²) in [7, 11) is 0. The topological polar surface area (TPSA) is 158 Å². The summed E-state index contributed by atoms with van der Waals surface area (Å²) in [4.78, 5) is 49.7. The van der Waals surface area contributed by atoms with Crippen molar-refractivity contribution in [2.24, 2.45) is 11.1 Å². The zero-order valence-electron chi connectivity index (χ0n) is 22.5. The molecule has 0 aromatic rings. The zero-order valence-corrected chi connectivity index (χ0v) is 22.5. The number of ether oxygens (including phenoxy) is 3. The van der Waals surface area contributed by atoms with E-state index in [9.17, 15) is 19.2 Å². The molecule has 0 aromatic heterocycles. The van der Waals surface area contributed by atoms with E-state index in [4.69, 9.17) is 19.9 Å². The molecule has 0 spiro atoms. The van der Waals surface area contributed by atoms with Gasteiger partial charge in [0.1, 0.15) is 5.78 Å². The van der Waals surface area contributed by atoms with Gasteiger partial charge in [0.15, 0.2) is 0 Å². The minimum absolute atomic E-state index is 0.105. The van der Waals surface area contributed by atoms with Crippen LogP contribution in [0.4, 0.5) is 0 Å². The lowest BCUT2D eigenvalue weighted by atomic mass is 9.71. The predicted octanol–water partition coefficient (Wildman–Crippen LogP) is 0.689. The summed E-state index contributed by atoms with van der Waals surface area (Å²) >= 11 is 0. The second-order valence-corrected chi connectivity index (χ2v) is 8.56. The Bertz CT molecular complexity index is 562. The molecule has 5 N–H and O–H groups in total. The molecule has 210 valence electrons. The summed E-state index contributed by atoms with van der Waals surface area (Å²) in [6, 6.07) is 0.